The molecule has 122 valence electrons. The Bertz CT molecular complexity index is 846. The van der Waals surface area contributed by atoms with Crippen LogP contribution in [0.4, 0.5) is 0 Å². The topological polar surface area (TPSA) is 18.5 Å². The summed E-state index contributed by atoms with van der Waals surface area (Å²) in [5.74, 6) is 1.77. The van der Waals surface area contributed by atoms with E-state index in [1.807, 2.05) is 12.1 Å². The fourth-order valence-electron chi connectivity index (χ4n) is 2.96. The lowest BCUT2D eigenvalue weighted by Gasteiger charge is -2.18. The predicted octanol–water partition coefficient (Wildman–Crippen LogP) is 5.74. The average Bonchev–Trinajstić information content (AvgIpc) is 2.59. The molecule has 0 radical (unpaired) electrons. The van der Waals surface area contributed by atoms with E-state index in [0.29, 0.717) is 13.2 Å². The zero-order valence-corrected chi connectivity index (χ0v) is 14.3. The van der Waals surface area contributed by atoms with E-state index < -0.39 is 0 Å². The SMILES string of the molecule is C=CCOc1c2ccccc2c(OCC=C)c2cc(C)c(C)cc12. The Morgan fingerprint density at radius 3 is 1.54 bits per heavy atom. The van der Waals surface area contributed by atoms with Gasteiger partial charge in [0.2, 0.25) is 0 Å². The first-order chi connectivity index (χ1) is 11.7. The van der Waals surface area contributed by atoms with Gasteiger partial charge in [-0.3, -0.25) is 0 Å². The summed E-state index contributed by atoms with van der Waals surface area (Å²) in [4.78, 5) is 0. The zero-order chi connectivity index (χ0) is 17.1. The van der Waals surface area contributed by atoms with Crippen LogP contribution in [0.15, 0.2) is 61.7 Å². The Kier molecular flexibility index (Phi) is 4.57. The van der Waals surface area contributed by atoms with Crippen molar-refractivity contribution in [1.29, 1.82) is 0 Å². The highest BCUT2D eigenvalue weighted by atomic mass is 16.5. The number of ether oxygens (including phenoxy) is 2. The summed E-state index contributed by atoms with van der Waals surface area (Å²) < 4.78 is 12.1. The lowest BCUT2D eigenvalue weighted by Crippen LogP contribution is -2.00. The van der Waals surface area contributed by atoms with Crippen molar-refractivity contribution in [3.8, 4) is 11.5 Å². The monoisotopic (exact) mass is 318 g/mol. The van der Waals surface area contributed by atoms with Gasteiger partial charge < -0.3 is 9.47 Å². The Morgan fingerprint density at radius 2 is 1.17 bits per heavy atom. The van der Waals surface area contributed by atoms with E-state index in [4.69, 9.17) is 9.47 Å². The molecule has 0 saturated heterocycles. The van der Waals surface area contributed by atoms with Crippen LogP contribution in [-0.4, -0.2) is 13.2 Å². The van der Waals surface area contributed by atoms with Crippen LogP contribution in [0.3, 0.4) is 0 Å². The van der Waals surface area contributed by atoms with Gasteiger partial charge >= 0.3 is 0 Å². The summed E-state index contributed by atoms with van der Waals surface area (Å²) in [6.07, 6.45) is 3.54. The minimum atomic E-state index is 0.471. The highest BCUT2D eigenvalue weighted by Gasteiger charge is 2.16. The number of hydrogen-bond acceptors (Lipinski definition) is 2. The van der Waals surface area contributed by atoms with Crippen LogP contribution >= 0.6 is 0 Å². The largest absolute Gasteiger partial charge is 0.488 e. The standard InChI is InChI=1S/C22H22O2/c1-5-11-23-21-17-9-7-8-10-18(17)22(24-12-6-2)20-14-16(4)15(3)13-19(20)21/h5-10,13-14H,1-2,11-12H2,3-4H3. The summed E-state index contributed by atoms with van der Waals surface area (Å²) in [7, 11) is 0. The normalized spacial score (nSPS) is 10.8. The lowest BCUT2D eigenvalue weighted by atomic mass is 9.96. The maximum absolute atomic E-state index is 6.04. The van der Waals surface area contributed by atoms with Crippen LogP contribution in [0.1, 0.15) is 11.1 Å². The molecule has 3 aromatic rings. The highest BCUT2D eigenvalue weighted by Crippen LogP contribution is 2.43. The maximum Gasteiger partial charge on any atom is 0.135 e. The number of rotatable bonds is 6. The summed E-state index contributed by atoms with van der Waals surface area (Å²) in [5.41, 5.74) is 2.46. The molecule has 3 rings (SSSR count). The second kappa shape index (κ2) is 6.79. The molecule has 0 aliphatic heterocycles. The Hall–Kier alpha value is -2.74. The third kappa shape index (κ3) is 2.76. The van der Waals surface area contributed by atoms with Gasteiger partial charge in [0.15, 0.2) is 0 Å². The van der Waals surface area contributed by atoms with E-state index in [1.54, 1.807) is 12.2 Å². The van der Waals surface area contributed by atoms with Crippen molar-refractivity contribution >= 4 is 21.5 Å². The summed E-state index contributed by atoms with van der Waals surface area (Å²) in [6, 6.07) is 12.5. The lowest BCUT2D eigenvalue weighted by molar-refractivity contribution is 0.365. The van der Waals surface area contributed by atoms with Crippen molar-refractivity contribution in [1.82, 2.24) is 0 Å². The van der Waals surface area contributed by atoms with Gasteiger partial charge in [0, 0.05) is 21.5 Å². The molecule has 0 atom stereocenters. The molecule has 0 bridgehead atoms. The first-order valence-electron chi connectivity index (χ1n) is 8.10. The number of benzene rings is 3. The Morgan fingerprint density at radius 1 is 0.750 bits per heavy atom. The molecule has 3 aromatic carbocycles. The fraction of sp³-hybridized carbons (Fsp3) is 0.182. The van der Waals surface area contributed by atoms with Crippen LogP contribution in [0.5, 0.6) is 11.5 Å². The average molecular weight is 318 g/mol. The highest BCUT2D eigenvalue weighted by molar-refractivity contribution is 6.11. The molecule has 0 aromatic heterocycles. The Labute approximate surface area is 143 Å². The van der Waals surface area contributed by atoms with Crippen LogP contribution in [0, 0.1) is 13.8 Å². The number of hydrogen-bond donors (Lipinski definition) is 0. The van der Waals surface area contributed by atoms with Gasteiger partial charge in [-0.25, -0.2) is 0 Å². The summed E-state index contributed by atoms with van der Waals surface area (Å²) in [6.45, 7) is 12.7. The summed E-state index contributed by atoms with van der Waals surface area (Å²) >= 11 is 0. The maximum atomic E-state index is 6.04. The van der Waals surface area contributed by atoms with E-state index in [9.17, 15) is 0 Å². The van der Waals surface area contributed by atoms with E-state index in [0.717, 1.165) is 33.0 Å². The second-order valence-electron chi connectivity index (χ2n) is 5.89. The second-order valence-corrected chi connectivity index (χ2v) is 5.89. The van der Waals surface area contributed by atoms with Crippen molar-refractivity contribution in [3.05, 3.63) is 72.8 Å². The third-order valence-corrected chi connectivity index (χ3v) is 4.23. The summed E-state index contributed by atoms with van der Waals surface area (Å²) in [5, 5.41) is 4.23. The van der Waals surface area contributed by atoms with Gasteiger partial charge in [-0.15, -0.1) is 0 Å². The third-order valence-electron chi connectivity index (χ3n) is 4.23. The van der Waals surface area contributed by atoms with Crippen LogP contribution < -0.4 is 9.47 Å². The molecular weight excluding hydrogens is 296 g/mol. The van der Waals surface area contributed by atoms with E-state index in [2.05, 4.69) is 51.3 Å². The number of aryl methyl sites for hydroxylation is 2. The molecule has 0 N–H and O–H groups in total. The Balaban J connectivity index is 2.43. The molecule has 2 heteroatoms. The molecule has 2 nitrogen and oxygen atoms in total. The smallest absolute Gasteiger partial charge is 0.135 e. The first-order valence-corrected chi connectivity index (χ1v) is 8.10. The van der Waals surface area contributed by atoms with E-state index in [-0.39, 0.29) is 0 Å². The van der Waals surface area contributed by atoms with Crippen molar-refractivity contribution in [3.63, 3.8) is 0 Å². The molecule has 0 amide bonds. The van der Waals surface area contributed by atoms with Crippen molar-refractivity contribution < 1.29 is 9.47 Å². The van der Waals surface area contributed by atoms with E-state index in [1.165, 1.54) is 11.1 Å². The predicted molar refractivity (Wildman–Crippen MR) is 102 cm³/mol. The van der Waals surface area contributed by atoms with Gasteiger partial charge in [0.1, 0.15) is 24.7 Å². The van der Waals surface area contributed by atoms with Crippen molar-refractivity contribution in [2.24, 2.45) is 0 Å². The molecule has 0 aliphatic carbocycles. The van der Waals surface area contributed by atoms with Crippen molar-refractivity contribution in [2.45, 2.75) is 13.8 Å². The van der Waals surface area contributed by atoms with Crippen molar-refractivity contribution in [2.75, 3.05) is 13.2 Å². The van der Waals surface area contributed by atoms with Gasteiger partial charge in [-0.1, -0.05) is 49.6 Å². The van der Waals surface area contributed by atoms with Crippen LogP contribution in [0.2, 0.25) is 0 Å². The molecule has 0 heterocycles. The number of fused-ring (bicyclic) bond motifs is 2. The molecular formula is C22H22O2. The van der Waals surface area contributed by atoms with E-state index >= 15 is 0 Å². The molecule has 0 aliphatic rings. The van der Waals surface area contributed by atoms with Gasteiger partial charge in [0.05, 0.1) is 0 Å². The minimum absolute atomic E-state index is 0.471. The van der Waals surface area contributed by atoms with Crippen LogP contribution in [-0.2, 0) is 0 Å². The fourth-order valence-corrected chi connectivity index (χ4v) is 2.96. The van der Waals surface area contributed by atoms with Crippen LogP contribution in [0.25, 0.3) is 21.5 Å². The molecule has 0 unspecified atom stereocenters. The van der Waals surface area contributed by atoms with Gasteiger partial charge in [-0.2, -0.15) is 0 Å². The molecule has 0 saturated carbocycles. The first kappa shape index (κ1) is 16.1. The minimum Gasteiger partial charge on any atom is -0.488 e. The van der Waals surface area contributed by atoms with Gasteiger partial charge in [0.25, 0.3) is 0 Å². The quantitative estimate of drug-likeness (QED) is 0.426. The molecule has 24 heavy (non-hydrogen) atoms. The zero-order valence-electron chi connectivity index (χ0n) is 14.3. The molecule has 0 spiro atoms. The molecule has 0 fully saturated rings. The van der Waals surface area contributed by atoms with Gasteiger partial charge in [-0.05, 0) is 37.1 Å².